The lowest BCUT2D eigenvalue weighted by Gasteiger charge is -2.09. The standard InChI is InChI=1S/C21H19N3O3S/c1-2-12-26-20-14(6-5-11-22-20)13-23-19(25)16-9-10-17(27-16)21-24-15-7-3-4-8-18(15)28-21/h3-11H,2,12-13H2,1H3,(H,23,25). The minimum atomic E-state index is -0.294. The van der Waals surface area contributed by atoms with Gasteiger partial charge in [-0.05, 0) is 36.8 Å². The molecule has 3 aromatic heterocycles. The van der Waals surface area contributed by atoms with Crippen LogP contribution in [-0.4, -0.2) is 22.5 Å². The Balaban J connectivity index is 1.45. The van der Waals surface area contributed by atoms with E-state index in [4.69, 9.17) is 9.15 Å². The van der Waals surface area contributed by atoms with Crippen molar-refractivity contribution in [2.45, 2.75) is 19.9 Å². The number of nitrogens with zero attached hydrogens (tertiary/aromatic N) is 2. The third-order valence-electron chi connectivity index (χ3n) is 4.07. The summed E-state index contributed by atoms with van der Waals surface area (Å²) in [4.78, 5) is 21.3. The molecule has 4 rings (SSSR count). The fourth-order valence-electron chi connectivity index (χ4n) is 2.70. The van der Waals surface area contributed by atoms with Crippen molar-refractivity contribution in [2.24, 2.45) is 0 Å². The fourth-order valence-corrected chi connectivity index (χ4v) is 3.63. The molecule has 1 amide bonds. The lowest BCUT2D eigenvalue weighted by atomic mass is 10.2. The highest BCUT2D eigenvalue weighted by atomic mass is 32.1. The molecule has 0 aliphatic heterocycles. The largest absolute Gasteiger partial charge is 0.477 e. The number of benzene rings is 1. The van der Waals surface area contributed by atoms with Crippen molar-refractivity contribution in [3.8, 4) is 16.6 Å². The number of hydrogen-bond donors (Lipinski definition) is 1. The second-order valence-electron chi connectivity index (χ2n) is 6.15. The van der Waals surface area contributed by atoms with Crippen LogP contribution in [0.1, 0.15) is 29.5 Å². The van der Waals surface area contributed by atoms with Crippen LogP contribution in [0.15, 0.2) is 59.1 Å². The van der Waals surface area contributed by atoms with E-state index in [1.165, 1.54) is 11.3 Å². The Morgan fingerprint density at radius 2 is 2.07 bits per heavy atom. The van der Waals surface area contributed by atoms with Gasteiger partial charge in [-0.25, -0.2) is 9.97 Å². The van der Waals surface area contributed by atoms with Crippen molar-refractivity contribution in [3.63, 3.8) is 0 Å². The number of fused-ring (bicyclic) bond motifs is 1. The summed E-state index contributed by atoms with van der Waals surface area (Å²) in [6.07, 6.45) is 2.57. The quantitative estimate of drug-likeness (QED) is 0.494. The first-order valence-electron chi connectivity index (χ1n) is 9.05. The number of aromatic nitrogens is 2. The number of thiazole rings is 1. The molecule has 0 atom stereocenters. The molecule has 0 saturated carbocycles. The van der Waals surface area contributed by atoms with Crippen LogP contribution in [-0.2, 0) is 6.54 Å². The summed E-state index contributed by atoms with van der Waals surface area (Å²) in [5.41, 5.74) is 1.74. The van der Waals surface area contributed by atoms with Crippen LogP contribution in [0.3, 0.4) is 0 Å². The number of hydrogen-bond acceptors (Lipinski definition) is 6. The van der Waals surface area contributed by atoms with Gasteiger partial charge in [-0.15, -0.1) is 11.3 Å². The third kappa shape index (κ3) is 3.89. The number of carbonyl (C=O) groups excluding carboxylic acids is 1. The van der Waals surface area contributed by atoms with E-state index in [0.29, 0.717) is 24.8 Å². The maximum Gasteiger partial charge on any atom is 0.287 e. The molecular formula is C21H19N3O3S. The first-order chi connectivity index (χ1) is 13.7. The molecule has 0 saturated heterocycles. The Morgan fingerprint density at radius 1 is 1.18 bits per heavy atom. The average molecular weight is 393 g/mol. The van der Waals surface area contributed by atoms with Crippen LogP contribution in [0.4, 0.5) is 0 Å². The zero-order valence-electron chi connectivity index (χ0n) is 15.3. The van der Waals surface area contributed by atoms with Crippen molar-refractivity contribution in [1.29, 1.82) is 0 Å². The predicted molar refractivity (Wildman–Crippen MR) is 109 cm³/mol. The maximum atomic E-state index is 12.5. The number of pyridine rings is 1. The van der Waals surface area contributed by atoms with Crippen molar-refractivity contribution < 1.29 is 13.9 Å². The van der Waals surface area contributed by atoms with Crippen LogP contribution in [0.5, 0.6) is 5.88 Å². The summed E-state index contributed by atoms with van der Waals surface area (Å²) in [6, 6.07) is 15.0. The Bertz CT molecular complexity index is 1070. The molecule has 3 heterocycles. The fraction of sp³-hybridized carbons (Fsp3) is 0.190. The summed E-state index contributed by atoms with van der Waals surface area (Å²) in [7, 11) is 0. The number of furan rings is 1. The van der Waals surface area contributed by atoms with Gasteiger partial charge in [0.2, 0.25) is 5.88 Å². The van der Waals surface area contributed by atoms with Gasteiger partial charge < -0.3 is 14.5 Å². The van der Waals surface area contributed by atoms with Gasteiger partial charge >= 0.3 is 0 Å². The van der Waals surface area contributed by atoms with Gasteiger partial charge in [0.05, 0.1) is 16.8 Å². The Hall–Kier alpha value is -3.19. The highest BCUT2D eigenvalue weighted by Crippen LogP contribution is 2.31. The van der Waals surface area contributed by atoms with Gasteiger partial charge in [-0.2, -0.15) is 0 Å². The number of para-hydroxylation sites is 1. The van der Waals surface area contributed by atoms with Gasteiger partial charge in [0.15, 0.2) is 16.5 Å². The van der Waals surface area contributed by atoms with E-state index < -0.39 is 0 Å². The molecule has 7 heteroatoms. The van der Waals surface area contributed by atoms with Crippen molar-refractivity contribution >= 4 is 27.5 Å². The topological polar surface area (TPSA) is 77.2 Å². The van der Waals surface area contributed by atoms with Gasteiger partial charge in [0, 0.05) is 18.3 Å². The maximum absolute atomic E-state index is 12.5. The van der Waals surface area contributed by atoms with Gasteiger partial charge in [-0.3, -0.25) is 4.79 Å². The Morgan fingerprint density at radius 3 is 2.93 bits per heavy atom. The number of rotatable bonds is 7. The second-order valence-corrected chi connectivity index (χ2v) is 7.18. The van der Waals surface area contributed by atoms with E-state index in [1.54, 1.807) is 18.3 Å². The Kier molecular flexibility index (Phi) is 5.34. The molecule has 142 valence electrons. The molecule has 6 nitrogen and oxygen atoms in total. The minimum Gasteiger partial charge on any atom is -0.477 e. The molecule has 0 radical (unpaired) electrons. The van der Waals surface area contributed by atoms with E-state index in [1.807, 2.05) is 43.3 Å². The van der Waals surface area contributed by atoms with Gasteiger partial charge in [0.1, 0.15) is 0 Å². The molecule has 0 bridgehead atoms. The Labute approximate surface area is 166 Å². The summed E-state index contributed by atoms with van der Waals surface area (Å²) < 4.78 is 12.4. The lowest BCUT2D eigenvalue weighted by Crippen LogP contribution is -2.22. The van der Waals surface area contributed by atoms with E-state index in [-0.39, 0.29) is 11.7 Å². The zero-order chi connectivity index (χ0) is 19.3. The molecule has 1 N–H and O–H groups in total. The average Bonchev–Trinajstić information content (AvgIpc) is 3.38. The smallest absolute Gasteiger partial charge is 0.287 e. The number of ether oxygens (including phenoxy) is 1. The molecule has 0 spiro atoms. The van der Waals surface area contributed by atoms with Crippen LogP contribution in [0, 0.1) is 0 Å². The van der Waals surface area contributed by atoms with Gasteiger partial charge in [0.25, 0.3) is 5.91 Å². The van der Waals surface area contributed by atoms with Crippen LogP contribution < -0.4 is 10.1 Å². The molecule has 1 aromatic carbocycles. The summed E-state index contributed by atoms with van der Waals surface area (Å²) in [5, 5.41) is 3.61. The highest BCUT2D eigenvalue weighted by Gasteiger charge is 2.15. The predicted octanol–water partition coefficient (Wildman–Crippen LogP) is 4.67. The summed E-state index contributed by atoms with van der Waals surface area (Å²) >= 11 is 1.53. The molecule has 0 fully saturated rings. The third-order valence-corrected chi connectivity index (χ3v) is 5.12. The van der Waals surface area contributed by atoms with Crippen LogP contribution >= 0.6 is 11.3 Å². The van der Waals surface area contributed by atoms with E-state index in [9.17, 15) is 4.79 Å². The number of carbonyl (C=O) groups is 1. The minimum absolute atomic E-state index is 0.245. The molecule has 0 aliphatic carbocycles. The lowest BCUT2D eigenvalue weighted by molar-refractivity contribution is 0.0923. The normalized spacial score (nSPS) is 10.9. The molecule has 4 aromatic rings. The zero-order valence-corrected chi connectivity index (χ0v) is 16.2. The van der Waals surface area contributed by atoms with E-state index in [2.05, 4.69) is 15.3 Å². The summed E-state index contributed by atoms with van der Waals surface area (Å²) in [6.45, 7) is 2.93. The SMILES string of the molecule is CCCOc1ncccc1CNC(=O)c1ccc(-c2nc3ccccc3s2)o1. The van der Waals surface area contributed by atoms with Gasteiger partial charge in [-0.1, -0.05) is 25.1 Å². The first kappa shape index (κ1) is 18.2. The van der Waals surface area contributed by atoms with Crippen LogP contribution in [0.25, 0.3) is 21.0 Å². The number of nitrogens with one attached hydrogen (secondary N) is 1. The molecule has 28 heavy (non-hydrogen) atoms. The van der Waals surface area contributed by atoms with Crippen LogP contribution in [0.2, 0.25) is 0 Å². The summed E-state index contributed by atoms with van der Waals surface area (Å²) in [5.74, 6) is 1.07. The van der Waals surface area contributed by atoms with E-state index in [0.717, 1.165) is 27.2 Å². The highest BCUT2D eigenvalue weighted by molar-refractivity contribution is 7.21. The van der Waals surface area contributed by atoms with Crippen molar-refractivity contribution in [1.82, 2.24) is 15.3 Å². The number of amides is 1. The monoisotopic (exact) mass is 393 g/mol. The van der Waals surface area contributed by atoms with Crippen molar-refractivity contribution in [3.05, 3.63) is 66.1 Å². The second kappa shape index (κ2) is 8.22. The molecule has 0 unspecified atom stereocenters. The first-order valence-corrected chi connectivity index (χ1v) is 9.87. The van der Waals surface area contributed by atoms with E-state index >= 15 is 0 Å². The van der Waals surface area contributed by atoms with Crippen molar-refractivity contribution in [2.75, 3.05) is 6.61 Å². The molecule has 0 aliphatic rings. The molecular weight excluding hydrogens is 374 g/mol.